The van der Waals surface area contributed by atoms with Gasteiger partial charge >= 0.3 is 0 Å². The van der Waals surface area contributed by atoms with Crippen LogP contribution in [0.4, 0.5) is 4.39 Å². The van der Waals surface area contributed by atoms with Crippen molar-refractivity contribution < 1.29 is 13.9 Å². The number of carbonyl (C=O) groups is 1. The number of primary amides is 1. The van der Waals surface area contributed by atoms with E-state index in [0.717, 1.165) is 0 Å². The standard InChI is InChI=1S/C13H11ClFN3O2/c14-9-3-1-8(2-4-10(16)19)12(15)13(9)20-11-5-6-17-7-18-11/h1,3,5-7H,2,4H2,(H2,16,19). The zero-order valence-corrected chi connectivity index (χ0v) is 11.1. The lowest BCUT2D eigenvalue weighted by atomic mass is 10.1. The van der Waals surface area contributed by atoms with Crippen LogP contribution in [0, 0.1) is 5.82 Å². The number of rotatable bonds is 5. The van der Waals surface area contributed by atoms with Gasteiger partial charge in [0, 0.05) is 18.7 Å². The lowest BCUT2D eigenvalue weighted by Crippen LogP contribution is -2.11. The van der Waals surface area contributed by atoms with Crippen molar-refractivity contribution >= 4 is 17.5 Å². The molecule has 1 heterocycles. The first-order valence-corrected chi connectivity index (χ1v) is 6.14. The Bertz CT molecular complexity index is 623. The number of ether oxygens (including phenoxy) is 1. The minimum absolute atomic E-state index is 0.0471. The van der Waals surface area contributed by atoms with Gasteiger partial charge in [-0.3, -0.25) is 4.79 Å². The minimum atomic E-state index is -0.627. The number of carbonyl (C=O) groups excluding carboxylic acids is 1. The topological polar surface area (TPSA) is 78.1 Å². The largest absolute Gasteiger partial charge is 0.434 e. The van der Waals surface area contributed by atoms with E-state index in [0.29, 0.717) is 5.56 Å². The fourth-order valence-corrected chi connectivity index (χ4v) is 1.75. The van der Waals surface area contributed by atoms with Crippen molar-refractivity contribution in [3.05, 3.63) is 47.1 Å². The molecule has 1 aromatic carbocycles. The van der Waals surface area contributed by atoms with Gasteiger partial charge in [0.2, 0.25) is 11.8 Å². The van der Waals surface area contributed by atoms with Crippen molar-refractivity contribution in [3.8, 4) is 11.6 Å². The summed E-state index contributed by atoms with van der Waals surface area (Å²) < 4.78 is 19.6. The molecule has 0 aliphatic carbocycles. The molecule has 0 spiro atoms. The van der Waals surface area contributed by atoms with Gasteiger partial charge in [-0.15, -0.1) is 0 Å². The van der Waals surface area contributed by atoms with E-state index in [4.69, 9.17) is 22.1 Å². The molecule has 0 atom stereocenters. The first-order chi connectivity index (χ1) is 9.58. The molecule has 0 radical (unpaired) electrons. The van der Waals surface area contributed by atoms with Crippen LogP contribution in [0.15, 0.2) is 30.7 Å². The SMILES string of the molecule is NC(=O)CCc1ccc(Cl)c(Oc2ccncn2)c1F. The Morgan fingerprint density at radius 3 is 2.85 bits per heavy atom. The molecule has 2 N–H and O–H groups in total. The Morgan fingerprint density at radius 2 is 2.20 bits per heavy atom. The molecule has 2 rings (SSSR count). The van der Waals surface area contributed by atoms with E-state index in [1.165, 1.54) is 30.7 Å². The number of nitrogens with two attached hydrogens (primary N) is 1. The Labute approximate surface area is 119 Å². The molecule has 0 bridgehead atoms. The molecule has 0 saturated heterocycles. The van der Waals surface area contributed by atoms with Gasteiger partial charge in [0.15, 0.2) is 11.6 Å². The number of aromatic nitrogens is 2. The van der Waals surface area contributed by atoms with Crippen molar-refractivity contribution in [2.24, 2.45) is 5.73 Å². The summed E-state index contributed by atoms with van der Waals surface area (Å²) in [6.07, 6.45) is 2.97. The number of aryl methyl sites for hydroxylation is 1. The van der Waals surface area contributed by atoms with E-state index >= 15 is 0 Å². The van der Waals surface area contributed by atoms with Gasteiger partial charge in [-0.2, -0.15) is 0 Å². The van der Waals surface area contributed by atoms with Crippen LogP contribution in [0.2, 0.25) is 5.02 Å². The van der Waals surface area contributed by atoms with Gasteiger partial charge in [0.1, 0.15) is 6.33 Å². The van der Waals surface area contributed by atoms with Gasteiger partial charge in [0.25, 0.3) is 0 Å². The molecule has 1 amide bonds. The smallest absolute Gasteiger partial charge is 0.222 e. The van der Waals surface area contributed by atoms with E-state index in [2.05, 4.69) is 9.97 Å². The van der Waals surface area contributed by atoms with Gasteiger partial charge in [-0.25, -0.2) is 14.4 Å². The van der Waals surface area contributed by atoms with E-state index in [-0.39, 0.29) is 29.5 Å². The van der Waals surface area contributed by atoms with Gasteiger partial charge < -0.3 is 10.5 Å². The number of benzene rings is 1. The Balaban J connectivity index is 2.27. The Kier molecular flexibility index (Phi) is 4.47. The van der Waals surface area contributed by atoms with Crippen LogP contribution in [0.5, 0.6) is 11.6 Å². The lowest BCUT2D eigenvalue weighted by molar-refractivity contribution is -0.117. The number of amides is 1. The third-order valence-corrected chi connectivity index (χ3v) is 2.83. The summed E-state index contributed by atoms with van der Waals surface area (Å²) in [4.78, 5) is 18.3. The molecular formula is C13H11ClFN3O2. The highest BCUT2D eigenvalue weighted by Gasteiger charge is 2.15. The predicted molar refractivity (Wildman–Crippen MR) is 71.0 cm³/mol. The summed E-state index contributed by atoms with van der Waals surface area (Å²) in [6, 6.07) is 4.47. The second-order valence-electron chi connectivity index (χ2n) is 3.97. The lowest BCUT2D eigenvalue weighted by Gasteiger charge is -2.10. The summed E-state index contributed by atoms with van der Waals surface area (Å²) in [5, 5.41) is 0.115. The fourth-order valence-electron chi connectivity index (χ4n) is 1.56. The van der Waals surface area contributed by atoms with Gasteiger partial charge in [-0.05, 0) is 18.1 Å². The summed E-state index contributed by atoms with van der Waals surface area (Å²) in [5.74, 6) is -1.09. The summed E-state index contributed by atoms with van der Waals surface area (Å²) in [5.41, 5.74) is 5.35. The maximum Gasteiger partial charge on any atom is 0.222 e. The average molecular weight is 296 g/mol. The minimum Gasteiger partial charge on any atom is -0.434 e. The predicted octanol–water partition coefficient (Wildman–Crippen LogP) is 2.48. The molecule has 7 heteroatoms. The molecule has 0 aliphatic heterocycles. The van der Waals surface area contributed by atoms with Crippen LogP contribution in [0.1, 0.15) is 12.0 Å². The highest BCUT2D eigenvalue weighted by molar-refractivity contribution is 6.32. The second-order valence-corrected chi connectivity index (χ2v) is 4.37. The summed E-state index contributed by atoms with van der Waals surface area (Å²) in [6.45, 7) is 0. The average Bonchev–Trinajstić information content (AvgIpc) is 2.43. The van der Waals surface area contributed by atoms with Crippen LogP contribution < -0.4 is 10.5 Å². The van der Waals surface area contributed by atoms with Crippen LogP contribution in [0.3, 0.4) is 0 Å². The maximum atomic E-state index is 14.3. The van der Waals surface area contributed by atoms with Gasteiger partial charge in [-0.1, -0.05) is 17.7 Å². The zero-order chi connectivity index (χ0) is 14.5. The van der Waals surface area contributed by atoms with Crippen molar-refractivity contribution in [2.75, 3.05) is 0 Å². The van der Waals surface area contributed by atoms with Crippen molar-refractivity contribution in [1.82, 2.24) is 9.97 Å². The monoisotopic (exact) mass is 295 g/mol. The molecule has 5 nitrogen and oxygen atoms in total. The van der Waals surface area contributed by atoms with Gasteiger partial charge in [0.05, 0.1) is 5.02 Å². The molecule has 0 unspecified atom stereocenters. The molecule has 0 aliphatic rings. The van der Waals surface area contributed by atoms with Crippen LogP contribution in [-0.2, 0) is 11.2 Å². The third kappa shape index (κ3) is 3.42. The number of hydrogen-bond donors (Lipinski definition) is 1. The van der Waals surface area contributed by atoms with Crippen molar-refractivity contribution in [1.29, 1.82) is 0 Å². The second kappa shape index (κ2) is 6.29. The summed E-state index contributed by atoms with van der Waals surface area (Å²) in [7, 11) is 0. The first-order valence-electron chi connectivity index (χ1n) is 5.77. The molecule has 1 aromatic heterocycles. The number of hydrogen-bond acceptors (Lipinski definition) is 4. The number of halogens is 2. The van der Waals surface area contributed by atoms with Crippen molar-refractivity contribution in [3.63, 3.8) is 0 Å². The van der Waals surface area contributed by atoms with E-state index in [1.807, 2.05) is 0 Å². The Hall–Kier alpha value is -2.21. The van der Waals surface area contributed by atoms with E-state index in [9.17, 15) is 9.18 Å². The normalized spacial score (nSPS) is 10.3. The van der Waals surface area contributed by atoms with Crippen LogP contribution in [0.25, 0.3) is 0 Å². The summed E-state index contributed by atoms with van der Waals surface area (Å²) >= 11 is 5.91. The fraction of sp³-hybridized carbons (Fsp3) is 0.154. The number of nitrogens with zero attached hydrogens (tertiary/aromatic N) is 2. The van der Waals surface area contributed by atoms with Crippen molar-refractivity contribution in [2.45, 2.75) is 12.8 Å². The first kappa shape index (κ1) is 14.2. The molecular weight excluding hydrogens is 285 g/mol. The molecule has 0 saturated carbocycles. The van der Waals surface area contributed by atoms with E-state index in [1.54, 1.807) is 0 Å². The van der Waals surface area contributed by atoms with Crippen LogP contribution in [-0.4, -0.2) is 15.9 Å². The van der Waals surface area contributed by atoms with E-state index < -0.39 is 11.7 Å². The maximum absolute atomic E-state index is 14.3. The highest BCUT2D eigenvalue weighted by atomic mass is 35.5. The highest BCUT2D eigenvalue weighted by Crippen LogP contribution is 2.33. The molecule has 2 aromatic rings. The molecule has 0 fully saturated rings. The zero-order valence-electron chi connectivity index (χ0n) is 10.3. The Morgan fingerprint density at radius 1 is 1.40 bits per heavy atom. The quantitative estimate of drug-likeness (QED) is 0.919. The molecule has 104 valence electrons. The third-order valence-electron chi connectivity index (χ3n) is 2.53. The molecule has 20 heavy (non-hydrogen) atoms. The van der Waals surface area contributed by atoms with Crippen LogP contribution >= 0.6 is 11.6 Å².